The SMILES string of the molecule is CCNc1cc(C)c(S(=O)(=O)NCC2CCC2)c(C)c1. The number of hydrogen-bond donors (Lipinski definition) is 2. The summed E-state index contributed by atoms with van der Waals surface area (Å²) in [5.74, 6) is 0.520. The molecule has 0 atom stereocenters. The zero-order valence-electron chi connectivity index (χ0n) is 12.5. The Kier molecular flexibility index (Phi) is 4.70. The molecule has 0 aromatic heterocycles. The van der Waals surface area contributed by atoms with Crippen LogP contribution in [0.4, 0.5) is 5.69 Å². The molecule has 0 unspecified atom stereocenters. The highest BCUT2D eigenvalue weighted by atomic mass is 32.2. The van der Waals surface area contributed by atoms with Crippen molar-refractivity contribution in [3.05, 3.63) is 23.3 Å². The fourth-order valence-electron chi connectivity index (χ4n) is 2.68. The molecule has 0 bridgehead atoms. The van der Waals surface area contributed by atoms with Gasteiger partial charge in [0.05, 0.1) is 4.90 Å². The summed E-state index contributed by atoms with van der Waals surface area (Å²) >= 11 is 0. The molecule has 0 amide bonds. The fraction of sp³-hybridized carbons (Fsp3) is 0.600. The van der Waals surface area contributed by atoms with Crippen molar-refractivity contribution in [1.29, 1.82) is 0 Å². The summed E-state index contributed by atoms with van der Waals surface area (Å²) in [4.78, 5) is 0.429. The van der Waals surface area contributed by atoms with Gasteiger partial charge in [0.2, 0.25) is 10.0 Å². The van der Waals surface area contributed by atoms with E-state index in [-0.39, 0.29) is 0 Å². The van der Waals surface area contributed by atoms with Crippen LogP contribution in [0.15, 0.2) is 17.0 Å². The Labute approximate surface area is 122 Å². The van der Waals surface area contributed by atoms with Gasteiger partial charge in [-0.15, -0.1) is 0 Å². The van der Waals surface area contributed by atoms with Gasteiger partial charge in [0.25, 0.3) is 0 Å². The van der Waals surface area contributed by atoms with E-state index >= 15 is 0 Å². The molecular weight excluding hydrogens is 272 g/mol. The molecule has 1 saturated carbocycles. The standard InChI is InChI=1S/C15H24N2O2S/c1-4-16-14-8-11(2)15(12(3)9-14)20(18,19)17-10-13-6-5-7-13/h8-9,13,16-17H,4-7,10H2,1-3H3. The summed E-state index contributed by atoms with van der Waals surface area (Å²) in [5.41, 5.74) is 2.56. The summed E-state index contributed by atoms with van der Waals surface area (Å²) in [7, 11) is -3.40. The molecule has 1 aliphatic rings. The number of anilines is 1. The number of nitrogens with one attached hydrogen (secondary N) is 2. The van der Waals surface area contributed by atoms with Gasteiger partial charge in [-0.05, 0) is 62.8 Å². The second-order valence-corrected chi connectivity index (χ2v) is 7.32. The monoisotopic (exact) mass is 296 g/mol. The van der Waals surface area contributed by atoms with E-state index in [1.165, 1.54) is 6.42 Å². The highest BCUT2D eigenvalue weighted by molar-refractivity contribution is 7.89. The largest absolute Gasteiger partial charge is 0.385 e. The maximum absolute atomic E-state index is 12.5. The normalized spacial score (nSPS) is 15.9. The topological polar surface area (TPSA) is 58.2 Å². The van der Waals surface area contributed by atoms with Crippen LogP contribution in [-0.4, -0.2) is 21.5 Å². The van der Waals surface area contributed by atoms with Crippen LogP contribution in [0, 0.1) is 19.8 Å². The molecule has 2 N–H and O–H groups in total. The lowest BCUT2D eigenvalue weighted by atomic mass is 9.86. The molecule has 0 saturated heterocycles. The Balaban J connectivity index is 2.21. The molecule has 5 heteroatoms. The van der Waals surface area contributed by atoms with Crippen molar-refractivity contribution in [2.24, 2.45) is 5.92 Å². The lowest BCUT2D eigenvalue weighted by Crippen LogP contribution is -2.33. The highest BCUT2D eigenvalue weighted by Crippen LogP contribution is 2.27. The van der Waals surface area contributed by atoms with Gasteiger partial charge in [-0.2, -0.15) is 0 Å². The van der Waals surface area contributed by atoms with Crippen molar-refractivity contribution >= 4 is 15.7 Å². The number of sulfonamides is 1. The predicted octanol–water partition coefficient (Wildman–Crippen LogP) is 2.81. The molecular formula is C15H24N2O2S. The molecule has 0 aliphatic heterocycles. The van der Waals surface area contributed by atoms with Gasteiger partial charge in [-0.25, -0.2) is 13.1 Å². The first-order valence-corrected chi connectivity index (χ1v) is 8.77. The lowest BCUT2D eigenvalue weighted by molar-refractivity contribution is 0.316. The predicted molar refractivity (Wildman–Crippen MR) is 82.6 cm³/mol. The van der Waals surface area contributed by atoms with Gasteiger partial charge in [-0.1, -0.05) is 6.42 Å². The molecule has 4 nitrogen and oxygen atoms in total. The van der Waals surface area contributed by atoms with Gasteiger partial charge in [0.1, 0.15) is 0 Å². The zero-order valence-corrected chi connectivity index (χ0v) is 13.3. The van der Waals surface area contributed by atoms with Crippen molar-refractivity contribution in [2.75, 3.05) is 18.4 Å². The smallest absolute Gasteiger partial charge is 0.241 e. The maximum atomic E-state index is 12.5. The third-order valence-electron chi connectivity index (χ3n) is 3.90. The minimum atomic E-state index is -3.40. The Morgan fingerprint density at radius 3 is 2.25 bits per heavy atom. The van der Waals surface area contributed by atoms with Crippen LogP contribution in [0.2, 0.25) is 0 Å². The third kappa shape index (κ3) is 3.33. The van der Waals surface area contributed by atoms with Crippen LogP contribution < -0.4 is 10.0 Å². The second kappa shape index (κ2) is 6.14. The van der Waals surface area contributed by atoms with Crippen molar-refractivity contribution < 1.29 is 8.42 Å². The van der Waals surface area contributed by atoms with Crippen molar-refractivity contribution in [3.8, 4) is 0 Å². The average Bonchev–Trinajstić information content (AvgIpc) is 2.25. The Bertz CT molecular complexity index is 555. The van der Waals surface area contributed by atoms with Gasteiger partial charge < -0.3 is 5.32 Å². The van der Waals surface area contributed by atoms with Crippen molar-refractivity contribution in [2.45, 2.75) is 44.9 Å². The van der Waals surface area contributed by atoms with E-state index in [0.717, 1.165) is 36.2 Å². The van der Waals surface area contributed by atoms with Gasteiger partial charge >= 0.3 is 0 Å². The molecule has 2 rings (SSSR count). The van der Waals surface area contributed by atoms with Gasteiger partial charge in [0.15, 0.2) is 0 Å². The molecule has 1 aromatic carbocycles. The van der Waals surface area contributed by atoms with Gasteiger partial charge in [0, 0.05) is 18.8 Å². The summed E-state index contributed by atoms with van der Waals surface area (Å²) < 4.78 is 27.7. The molecule has 20 heavy (non-hydrogen) atoms. The van der Waals surface area contributed by atoms with E-state index in [1.807, 2.05) is 32.9 Å². The quantitative estimate of drug-likeness (QED) is 0.848. The molecule has 1 aliphatic carbocycles. The van der Waals surface area contributed by atoms with Crippen LogP contribution in [0.5, 0.6) is 0 Å². The van der Waals surface area contributed by atoms with Crippen LogP contribution in [0.3, 0.4) is 0 Å². The number of rotatable bonds is 6. The second-order valence-electron chi connectivity index (χ2n) is 5.62. The number of hydrogen-bond acceptors (Lipinski definition) is 3. The molecule has 1 fully saturated rings. The van der Waals surface area contributed by atoms with Crippen LogP contribution in [0.25, 0.3) is 0 Å². The summed E-state index contributed by atoms with van der Waals surface area (Å²) in [6, 6.07) is 3.79. The molecule has 0 spiro atoms. The zero-order chi connectivity index (χ0) is 14.8. The maximum Gasteiger partial charge on any atom is 0.241 e. The number of benzene rings is 1. The van der Waals surface area contributed by atoms with Crippen molar-refractivity contribution in [3.63, 3.8) is 0 Å². The van der Waals surface area contributed by atoms with E-state index in [4.69, 9.17) is 0 Å². The first-order chi connectivity index (χ1) is 9.44. The van der Waals surface area contributed by atoms with Crippen molar-refractivity contribution in [1.82, 2.24) is 4.72 Å². The molecule has 0 radical (unpaired) electrons. The Morgan fingerprint density at radius 1 is 1.20 bits per heavy atom. The molecule has 112 valence electrons. The molecule has 1 aromatic rings. The lowest BCUT2D eigenvalue weighted by Gasteiger charge is -2.25. The summed E-state index contributed by atoms with van der Waals surface area (Å²) in [6.45, 7) is 7.12. The van der Waals surface area contributed by atoms with E-state index in [1.54, 1.807) is 0 Å². The average molecular weight is 296 g/mol. The molecule has 0 heterocycles. The van der Waals surface area contributed by atoms with E-state index in [0.29, 0.717) is 17.4 Å². The van der Waals surface area contributed by atoms with Crippen LogP contribution in [-0.2, 0) is 10.0 Å². The minimum Gasteiger partial charge on any atom is -0.385 e. The van der Waals surface area contributed by atoms with Crippen LogP contribution in [0.1, 0.15) is 37.3 Å². The summed E-state index contributed by atoms with van der Waals surface area (Å²) in [5, 5.41) is 3.22. The minimum absolute atomic E-state index is 0.429. The number of aryl methyl sites for hydroxylation is 2. The summed E-state index contributed by atoms with van der Waals surface area (Å²) in [6.07, 6.45) is 3.50. The first-order valence-electron chi connectivity index (χ1n) is 7.29. The Hall–Kier alpha value is -1.07. The van der Waals surface area contributed by atoms with E-state index < -0.39 is 10.0 Å². The highest BCUT2D eigenvalue weighted by Gasteiger charge is 2.23. The van der Waals surface area contributed by atoms with Gasteiger partial charge in [-0.3, -0.25) is 0 Å². The third-order valence-corrected chi connectivity index (χ3v) is 5.62. The first kappa shape index (κ1) is 15.3. The van der Waals surface area contributed by atoms with Crippen LogP contribution >= 0.6 is 0 Å². The Morgan fingerprint density at radius 2 is 1.80 bits per heavy atom. The van der Waals surface area contributed by atoms with E-state index in [2.05, 4.69) is 10.0 Å². The van der Waals surface area contributed by atoms with E-state index in [9.17, 15) is 8.42 Å². The fourth-order valence-corrected chi connectivity index (χ4v) is 4.24.